The predicted octanol–water partition coefficient (Wildman–Crippen LogP) is 3.13. The first kappa shape index (κ1) is 21.4. The number of nitrogens with one attached hydrogen (secondary N) is 2. The van der Waals surface area contributed by atoms with Gasteiger partial charge in [0.05, 0.1) is 6.33 Å². The second kappa shape index (κ2) is 9.99. The Labute approximate surface area is 183 Å². The lowest BCUT2D eigenvalue weighted by Gasteiger charge is -2.15. The van der Waals surface area contributed by atoms with Crippen molar-refractivity contribution >= 4 is 5.96 Å². The van der Waals surface area contributed by atoms with E-state index in [9.17, 15) is 8.78 Å². The van der Waals surface area contributed by atoms with Crippen molar-refractivity contribution in [3.8, 4) is 17.2 Å². The van der Waals surface area contributed by atoms with Gasteiger partial charge in [-0.2, -0.15) is 8.78 Å². The highest BCUT2D eigenvalue weighted by molar-refractivity contribution is 5.79. The van der Waals surface area contributed by atoms with Crippen LogP contribution in [0, 0.1) is 0 Å². The van der Waals surface area contributed by atoms with Gasteiger partial charge in [-0.3, -0.25) is 4.99 Å². The fourth-order valence-electron chi connectivity index (χ4n) is 3.25. The number of halogens is 2. The fraction of sp³-hybridized carbons (Fsp3) is 0.273. The number of hydrogen-bond donors (Lipinski definition) is 2. The van der Waals surface area contributed by atoms with E-state index in [1.807, 2.05) is 22.9 Å². The Balaban J connectivity index is 1.33. The molecule has 2 aromatic carbocycles. The minimum Gasteiger partial charge on any atom is -0.454 e. The molecule has 4 rings (SSSR count). The first-order valence-corrected chi connectivity index (χ1v) is 9.96. The zero-order chi connectivity index (χ0) is 22.3. The number of hydrogen-bond acceptors (Lipinski definition) is 5. The van der Waals surface area contributed by atoms with Gasteiger partial charge in [-0.1, -0.05) is 24.3 Å². The van der Waals surface area contributed by atoms with Crippen LogP contribution in [0.25, 0.3) is 0 Å². The van der Waals surface area contributed by atoms with E-state index in [0.717, 1.165) is 12.1 Å². The summed E-state index contributed by atoms with van der Waals surface area (Å²) in [6.45, 7) is -1.38. The standard InChI is InChI=1S/C22H23F2N5O3/c1-25-22(27-10-15-2-4-16(5-3-15)12-29-7-6-26-13-29)28-11-17-8-19-20(31-14-30-19)9-18(17)32-21(23)24/h2-9,13,21H,10-12,14H2,1H3,(H2,25,27,28). The molecule has 0 aliphatic carbocycles. The lowest BCUT2D eigenvalue weighted by atomic mass is 10.1. The van der Waals surface area contributed by atoms with Gasteiger partial charge in [0.2, 0.25) is 6.79 Å². The van der Waals surface area contributed by atoms with Crippen LogP contribution < -0.4 is 24.8 Å². The van der Waals surface area contributed by atoms with Crippen molar-refractivity contribution in [2.45, 2.75) is 26.2 Å². The summed E-state index contributed by atoms with van der Waals surface area (Å²) in [5, 5.41) is 6.32. The van der Waals surface area contributed by atoms with Crippen molar-refractivity contribution in [2.24, 2.45) is 4.99 Å². The fourth-order valence-corrected chi connectivity index (χ4v) is 3.25. The maximum absolute atomic E-state index is 12.8. The van der Waals surface area contributed by atoms with Gasteiger partial charge in [0.25, 0.3) is 0 Å². The monoisotopic (exact) mass is 443 g/mol. The third-order valence-corrected chi connectivity index (χ3v) is 4.85. The molecule has 1 aliphatic heterocycles. The van der Waals surface area contributed by atoms with Crippen LogP contribution in [-0.2, 0) is 19.6 Å². The Morgan fingerprint density at radius 3 is 2.53 bits per heavy atom. The van der Waals surface area contributed by atoms with Crippen LogP contribution >= 0.6 is 0 Å². The van der Waals surface area contributed by atoms with Gasteiger partial charge in [0.15, 0.2) is 17.5 Å². The number of imidazole rings is 1. The second-order valence-electron chi connectivity index (χ2n) is 7.02. The Morgan fingerprint density at radius 2 is 1.84 bits per heavy atom. The molecule has 0 spiro atoms. The van der Waals surface area contributed by atoms with Crippen LogP contribution in [-0.4, -0.2) is 36.0 Å². The maximum Gasteiger partial charge on any atom is 0.387 e. The average molecular weight is 443 g/mol. The van der Waals surface area contributed by atoms with E-state index >= 15 is 0 Å². The normalized spacial score (nSPS) is 12.8. The lowest BCUT2D eigenvalue weighted by molar-refractivity contribution is -0.0505. The molecule has 168 valence electrons. The minimum atomic E-state index is -2.94. The molecule has 0 radical (unpaired) electrons. The molecule has 8 nitrogen and oxygen atoms in total. The van der Waals surface area contributed by atoms with Gasteiger partial charge >= 0.3 is 6.61 Å². The number of benzene rings is 2. The Kier molecular flexibility index (Phi) is 6.69. The van der Waals surface area contributed by atoms with E-state index in [1.54, 1.807) is 25.6 Å². The van der Waals surface area contributed by atoms with E-state index in [-0.39, 0.29) is 19.1 Å². The number of guanidine groups is 1. The SMILES string of the molecule is CN=C(NCc1ccc(Cn2ccnc2)cc1)NCc1cc2c(cc1OC(F)F)OCO2. The largest absolute Gasteiger partial charge is 0.454 e. The molecule has 0 fully saturated rings. The number of alkyl halides is 2. The van der Waals surface area contributed by atoms with Crippen molar-refractivity contribution in [2.75, 3.05) is 13.8 Å². The van der Waals surface area contributed by atoms with Crippen molar-refractivity contribution in [1.29, 1.82) is 0 Å². The molecule has 0 atom stereocenters. The minimum absolute atomic E-state index is 0.0284. The summed E-state index contributed by atoms with van der Waals surface area (Å²) in [6, 6.07) is 11.2. The van der Waals surface area contributed by atoms with Gasteiger partial charge in [-0.05, 0) is 17.2 Å². The van der Waals surface area contributed by atoms with Crippen molar-refractivity contribution in [3.63, 3.8) is 0 Å². The van der Waals surface area contributed by atoms with Crippen LogP contribution in [0.2, 0.25) is 0 Å². The third-order valence-electron chi connectivity index (χ3n) is 4.85. The van der Waals surface area contributed by atoms with Gasteiger partial charge in [-0.25, -0.2) is 4.98 Å². The van der Waals surface area contributed by atoms with Crippen LogP contribution in [0.1, 0.15) is 16.7 Å². The molecule has 0 saturated heterocycles. The smallest absolute Gasteiger partial charge is 0.387 e. The van der Waals surface area contributed by atoms with E-state index in [4.69, 9.17) is 9.47 Å². The number of nitrogens with zero attached hydrogens (tertiary/aromatic N) is 3. The molecule has 0 saturated carbocycles. The molecule has 2 N–H and O–H groups in total. The maximum atomic E-state index is 12.8. The van der Waals surface area contributed by atoms with Crippen molar-refractivity contribution in [3.05, 3.63) is 71.8 Å². The zero-order valence-corrected chi connectivity index (χ0v) is 17.4. The first-order chi connectivity index (χ1) is 15.6. The molecule has 3 aromatic rings. The van der Waals surface area contributed by atoms with Crippen LogP contribution in [0.4, 0.5) is 8.78 Å². The van der Waals surface area contributed by atoms with Gasteiger partial charge in [-0.15, -0.1) is 0 Å². The summed E-state index contributed by atoms with van der Waals surface area (Å²) in [4.78, 5) is 8.23. The van der Waals surface area contributed by atoms with E-state index < -0.39 is 6.61 Å². The number of fused-ring (bicyclic) bond motifs is 1. The van der Waals surface area contributed by atoms with Crippen LogP contribution in [0.15, 0.2) is 60.1 Å². The molecule has 0 amide bonds. The number of ether oxygens (including phenoxy) is 3. The summed E-state index contributed by atoms with van der Waals surface area (Å²) >= 11 is 0. The molecule has 32 heavy (non-hydrogen) atoms. The van der Waals surface area contributed by atoms with E-state index in [1.165, 1.54) is 11.6 Å². The Hall–Kier alpha value is -3.82. The zero-order valence-electron chi connectivity index (χ0n) is 17.4. The van der Waals surface area contributed by atoms with Gasteiger partial charge in [0.1, 0.15) is 5.75 Å². The third kappa shape index (κ3) is 5.45. The molecule has 1 aromatic heterocycles. The predicted molar refractivity (Wildman–Crippen MR) is 114 cm³/mol. The highest BCUT2D eigenvalue weighted by Gasteiger charge is 2.20. The van der Waals surface area contributed by atoms with E-state index in [2.05, 4.69) is 37.5 Å². The topological polar surface area (TPSA) is 81.9 Å². The van der Waals surface area contributed by atoms with Gasteiger partial charge < -0.3 is 29.4 Å². The molecule has 2 heterocycles. The molecular formula is C22H23F2N5O3. The molecule has 10 heteroatoms. The molecular weight excluding hydrogens is 420 g/mol. The van der Waals surface area contributed by atoms with Crippen molar-refractivity contribution in [1.82, 2.24) is 20.2 Å². The highest BCUT2D eigenvalue weighted by atomic mass is 19.3. The van der Waals surface area contributed by atoms with Crippen molar-refractivity contribution < 1.29 is 23.0 Å². The van der Waals surface area contributed by atoms with Gasteiger partial charge in [0, 0.05) is 50.7 Å². The lowest BCUT2D eigenvalue weighted by Crippen LogP contribution is -2.36. The quantitative estimate of drug-likeness (QED) is 0.411. The highest BCUT2D eigenvalue weighted by Crippen LogP contribution is 2.38. The average Bonchev–Trinajstić information content (AvgIpc) is 3.46. The molecule has 0 bridgehead atoms. The molecule has 1 aliphatic rings. The van der Waals surface area contributed by atoms with Crippen LogP contribution in [0.5, 0.6) is 17.2 Å². The summed E-state index contributed by atoms with van der Waals surface area (Å²) in [6.07, 6.45) is 5.45. The molecule has 0 unspecified atom stereocenters. The summed E-state index contributed by atoms with van der Waals surface area (Å²) in [5.41, 5.74) is 2.75. The summed E-state index contributed by atoms with van der Waals surface area (Å²) in [7, 11) is 1.64. The Bertz CT molecular complexity index is 1060. The number of aromatic nitrogens is 2. The van der Waals surface area contributed by atoms with E-state index in [0.29, 0.717) is 29.6 Å². The summed E-state index contributed by atoms with van der Waals surface area (Å²) in [5.74, 6) is 1.42. The van der Waals surface area contributed by atoms with Crippen LogP contribution in [0.3, 0.4) is 0 Å². The number of aliphatic imine (C=N–C) groups is 1. The number of rotatable bonds is 8. The Morgan fingerprint density at radius 1 is 1.12 bits per heavy atom. The first-order valence-electron chi connectivity index (χ1n) is 9.96. The summed E-state index contributed by atoms with van der Waals surface area (Å²) < 4.78 is 42.8. The second-order valence-corrected chi connectivity index (χ2v) is 7.02.